The van der Waals surface area contributed by atoms with Crippen molar-refractivity contribution in [3.63, 3.8) is 0 Å². The van der Waals surface area contributed by atoms with Gasteiger partial charge in [-0.15, -0.1) is 0 Å². The lowest BCUT2D eigenvalue weighted by atomic mass is 9.71. The van der Waals surface area contributed by atoms with Crippen molar-refractivity contribution in [2.24, 2.45) is 17.6 Å². The fourth-order valence-corrected chi connectivity index (χ4v) is 3.37. The number of ether oxygens (including phenoxy) is 1. The molecule has 0 spiro atoms. The molecule has 0 aromatic heterocycles. The third kappa shape index (κ3) is 3.67. The normalized spacial score (nSPS) is 25.9. The number of benzene rings is 1. The molecule has 1 aliphatic carbocycles. The van der Waals surface area contributed by atoms with Crippen LogP contribution < -0.4 is 15.8 Å². The molecule has 1 aromatic rings. The number of nitrogens with one attached hydrogen (secondary N) is 1. The smallest absolute Gasteiger partial charge is 0.165 e. The van der Waals surface area contributed by atoms with E-state index in [0.29, 0.717) is 18.4 Å². The van der Waals surface area contributed by atoms with E-state index in [4.69, 9.17) is 10.5 Å². The van der Waals surface area contributed by atoms with E-state index in [9.17, 15) is 4.39 Å². The molecule has 0 radical (unpaired) electrons. The van der Waals surface area contributed by atoms with Gasteiger partial charge in [0.1, 0.15) is 0 Å². The zero-order valence-corrected chi connectivity index (χ0v) is 13.3. The van der Waals surface area contributed by atoms with Crippen LogP contribution >= 0.6 is 0 Å². The summed E-state index contributed by atoms with van der Waals surface area (Å²) in [7, 11) is 1.48. The maximum atomic E-state index is 13.5. The Hall–Kier alpha value is -1.29. The van der Waals surface area contributed by atoms with Gasteiger partial charge in [-0.3, -0.25) is 0 Å². The minimum absolute atomic E-state index is 0.0873. The zero-order chi connectivity index (χ0) is 15.5. The minimum Gasteiger partial charge on any atom is -0.494 e. The van der Waals surface area contributed by atoms with Crippen molar-refractivity contribution < 1.29 is 9.13 Å². The maximum absolute atomic E-state index is 13.5. The standard InChI is InChI=1S/C17H27FN2O/c1-12(2)13-5-4-8-17(10-13,11-19)20-14-6-7-15(18)16(9-14)21-3/h6-7,9,12-13,20H,4-5,8,10-11,19H2,1-3H3. The molecule has 1 saturated carbocycles. The van der Waals surface area contributed by atoms with Gasteiger partial charge in [0, 0.05) is 23.8 Å². The molecule has 2 atom stereocenters. The van der Waals surface area contributed by atoms with E-state index in [1.165, 1.54) is 26.0 Å². The Labute approximate surface area is 127 Å². The van der Waals surface area contributed by atoms with E-state index in [2.05, 4.69) is 19.2 Å². The predicted molar refractivity (Wildman–Crippen MR) is 85.2 cm³/mol. The second-order valence-electron chi connectivity index (χ2n) is 6.56. The summed E-state index contributed by atoms with van der Waals surface area (Å²) in [6.45, 7) is 5.15. The molecule has 2 unspecified atom stereocenters. The first-order valence-electron chi connectivity index (χ1n) is 7.81. The van der Waals surface area contributed by atoms with E-state index in [-0.39, 0.29) is 17.1 Å². The summed E-state index contributed by atoms with van der Waals surface area (Å²) in [6.07, 6.45) is 4.59. The Balaban J connectivity index is 2.18. The van der Waals surface area contributed by atoms with Crippen LogP contribution in [0.2, 0.25) is 0 Å². The Morgan fingerprint density at radius 2 is 2.24 bits per heavy atom. The molecule has 0 bridgehead atoms. The molecule has 118 valence electrons. The molecule has 1 aromatic carbocycles. The molecular formula is C17H27FN2O. The molecule has 2 rings (SSSR count). The first-order valence-corrected chi connectivity index (χ1v) is 7.81. The minimum atomic E-state index is -0.339. The van der Waals surface area contributed by atoms with Gasteiger partial charge in [-0.05, 0) is 36.8 Å². The Kier molecular flexibility index (Phi) is 5.09. The SMILES string of the molecule is COc1cc(NC2(CN)CCCC(C(C)C)C2)ccc1F. The first kappa shape index (κ1) is 16.1. The quantitative estimate of drug-likeness (QED) is 0.868. The van der Waals surface area contributed by atoms with E-state index in [1.54, 1.807) is 12.1 Å². The van der Waals surface area contributed by atoms with Crippen LogP contribution in [0.1, 0.15) is 39.5 Å². The van der Waals surface area contributed by atoms with E-state index < -0.39 is 0 Å². The zero-order valence-electron chi connectivity index (χ0n) is 13.3. The van der Waals surface area contributed by atoms with Crippen molar-refractivity contribution in [1.82, 2.24) is 0 Å². The van der Waals surface area contributed by atoms with Crippen LogP contribution in [-0.2, 0) is 0 Å². The summed E-state index contributed by atoms with van der Waals surface area (Å²) in [6, 6.07) is 4.91. The van der Waals surface area contributed by atoms with Crippen LogP contribution in [0.25, 0.3) is 0 Å². The monoisotopic (exact) mass is 294 g/mol. The third-order valence-electron chi connectivity index (χ3n) is 4.78. The molecule has 3 N–H and O–H groups in total. The largest absolute Gasteiger partial charge is 0.494 e. The van der Waals surface area contributed by atoms with Gasteiger partial charge >= 0.3 is 0 Å². The lowest BCUT2D eigenvalue weighted by Gasteiger charge is -2.43. The van der Waals surface area contributed by atoms with E-state index in [1.807, 2.05) is 0 Å². The van der Waals surface area contributed by atoms with Crippen LogP contribution in [0.15, 0.2) is 18.2 Å². The van der Waals surface area contributed by atoms with Gasteiger partial charge in [0.15, 0.2) is 11.6 Å². The van der Waals surface area contributed by atoms with E-state index >= 15 is 0 Å². The van der Waals surface area contributed by atoms with E-state index in [0.717, 1.165) is 18.5 Å². The van der Waals surface area contributed by atoms with Crippen LogP contribution in [0, 0.1) is 17.7 Å². The Morgan fingerprint density at radius 3 is 2.86 bits per heavy atom. The summed E-state index contributed by atoms with van der Waals surface area (Å²) in [5.41, 5.74) is 6.87. The van der Waals surface area contributed by atoms with Crippen LogP contribution in [0.4, 0.5) is 10.1 Å². The summed E-state index contributed by atoms with van der Waals surface area (Å²) < 4.78 is 18.6. The van der Waals surface area contributed by atoms with Crippen molar-refractivity contribution >= 4 is 5.69 Å². The number of anilines is 1. The van der Waals surface area contributed by atoms with Crippen LogP contribution in [-0.4, -0.2) is 19.2 Å². The average molecular weight is 294 g/mol. The summed E-state index contributed by atoms with van der Waals surface area (Å²) in [5, 5.41) is 3.56. The molecule has 4 heteroatoms. The predicted octanol–water partition coefficient (Wildman–Crippen LogP) is 3.79. The number of rotatable bonds is 5. The highest BCUT2D eigenvalue weighted by atomic mass is 19.1. The summed E-state index contributed by atoms with van der Waals surface area (Å²) in [4.78, 5) is 0. The average Bonchev–Trinajstić information content (AvgIpc) is 2.49. The molecule has 0 saturated heterocycles. The second-order valence-corrected chi connectivity index (χ2v) is 6.56. The molecule has 0 heterocycles. The molecule has 0 aliphatic heterocycles. The topological polar surface area (TPSA) is 47.3 Å². The van der Waals surface area contributed by atoms with Gasteiger partial charge < -0.3 is 15.8 Å². The second kappa shape index (κ2) is 6.65. The van der Waals surface area contributed by atoms with Gasteiger partial charge in [0.05, 0.1) is 7.11 Å². The highest BCUT2D eigenvalue weighted by molar-refractivity contribution is 5.51. The van der Waals surface area contributed by atoms with Crippen molar-refractivity contribution in [2.75, 3.05) is 19.0 Å². The van der Waals surface area contributed by atoms with Crippen molar-refractivity contribution in [2.45, 2.75) is 45.1 Å². The number of halogens is 1. The van der Waals surface area contributed by atoms with Crippen LogP contribution in [0.3, 0.4) is 0 Å². The third-order valence-corrected chi connectivity index (χ3v) is 4.78. The number of methoxy groups -OCH3 is 1. The van der Waals surface area contributed by atoms with Crippen molar-refractivity contribution in [3.8, 4) is 5.75 Å². The lowest BCUT2D eigenvalue weighted by Crippen LogP contribution is -2.49. The Morgan fingerprint density at radius 1 is 1.48 bits per heavy atom. The van der Waals surface area contributed by atoms with Crippen molar-refractivity contribution in [3.05, 3.63) is 24.0 Å². The molecule has 1 aliphatic rings. The highest BCUT2D eigenvalue weighted by Gasteiger charge is 2.36. The first-order chi connectivity index (χ1) is 9.99. The van der Waals surface area contributed by atoms with Gasteiger partial charge in [-0.1, -0.05) is 26.7 Å². The van der Waals surface area contributed by atoms with Gasteiger partial charge in [-0.25, -0.2) is 4.39 Å². The van der Waals surface area contributed by atoms with Gasteiger partial charge in [0.25, 0.3) is 0 Å². The summed E-state index contributed by atoms with van der Waals surface area (Å²) >= 11 is 0. The molecule has 0 amide bonds. The van der Waals surface area contributed by atoms with Crippen molar-refractivity contribution in [1.29, 1.82) is 0 Å². The lowest BCUT2D eigenvalue weighted by molar-refractivity contribution is 0.203. The van der Waals surface area contributed by atoms with Gasteiger partial charge in [0.2, 0.25) is 0 Å². The number of nitrogens with two attached hydrogens (primary N) is 1. The number of hydrogen-bond donors (Lipinski definition) is 2. The maximum Gasteiger partial charge on any atom is 0.165 e. The molecule has 1 fully saturated rings. The fourth-order valence-electron chi connectivity index (χ4n) is 3.37. The van der Waals surface area contributed by atoms with Gasteiger partial charge in [-0.2, -0.15) is 0 Å². The number of hydrogen-bond acceptors (Lipinski definition) is 3. The molecule has 3 nitrogen and oxygen atoms in total. The Bertz CT molecular complexity index is 478. The summed E-state index contributed by atoms with van der Waals surface area (Å²) in [5.74, 6) is 1.29. The van der Waals surface area contributed by atoms with Crippen LogP contribution in [0.5, 0.6) is 5.75 Å². The molecular weight excluding hydrogens is 267 g/mol. The fraction of sp³-hybridized carbons (Fsp3) is 0.647. The molecule has 21 heavy (non-hydrogen) atoms. The highest BCUT2D eigenvalue weighted by Crippen LogP contribution is 2.38.